The molecule has 0 aliphatic carbocycles. The topological polar surface area (TPSA) is 52.6 Å². The van der Waals surface area contributed by atoms with Crippen LogP contribution in [0.4, 0.5) is 0 Å². The molecule has 0 radical (unpaired) electrons. The van der Waals surface area contributed by atoms with Crippen LogP contribution in [0.1, 0.15) is 91.4 Å². The molecule has 0 aliphatic rings. The molecule has 0 atom stereocenters. The molecule has 4 heteroatoms. The average Bonchev–Trinajstić information content (AvgIpc) is 2.56. The summed E-state index contributed by atoms with van der Waals surface area (Å²) in [5, 5.41) is 0. The molecule has 0 rings (SSSR count). The molecule has 0 N–H and O–H groups in total. The van der Waals surface area contributed by atoms with E-state index in [1.54, 1.807) is 0 Å². The summed E-state index contributed by atoms with van der Waals surface area (Å²) in [5.41, 5.74) is 0. The first-order chi connectivity index (χ1) is 11.1. The highest BCUT2D eigenvalue weighted by atomic mass is 16.5. The molecule has 136 valence electrons. The lowest BCUT2D eigenvalue weighted by atomic mass is 10.1. The summed E-state index contributed by atoms with van der Waals surface area (Å²) < 4.78 is 10.3. The van der Waals surface area contributed by atoms with E-state index in [9.17, 15) is 9.59 Å². The monoisotopic (exact) mass is 328 g/mol. The van der Waals surface area contributed by atoms with Crippen LogP contribution in [0.3, 0.4) is 0 Å². The van der Waals surface area contributed by atoms with Crippen LogP contribution in [-0.4, -0.2) is 25.2 Å². The third-order valence-corrected chi connectivity index (χ3v) is 4.18. The minimum Gasteiger partial charge on any atom is -0.466 e. The number of hydrogen-bond donors (Lipinski definition) is 0. The number of hydrogen-bond acceptors (Lipinski definition) is 4. The van der Waals surface area contributed by atoms with E-state index < -0.39 is 0 Å². The van der Waals surface area contributed by atoms with E-state index >= 15 is 0 Å². The van der Waals surface area contributed by atoms with Gasteiger partial charge in [0.25, 0.3) is 0 Å². The normalized spacial score (nSPS) is 10.8. The maximum Gasteiger partial charge on any atom is 0.306 e. The maximum atomic E-state index is 11.6. The molecule has 0 saturated carbocycles. The SMILES string of the molecule is CCCCCCCCCOC(=O)CCC(=O)OCC(CC)CC. The number of rotatable bonds is 15. The molecule has 0 saturated heterocycles. The molecule has 0 unspecified atom stereocenters. The molecule has 0 aromatic rings. The van der Waals surface area contributed by atoms with Crippen molar-refractivity contribution < 1.29 is 19.1 Å². The second-order valence-corrected chi connectivity index (χ2v) is 6.21. The predicted octanol–water partition coefficient (Wildman–Crippen LogP) is 5.04. The minimum atomic E-state index is -0.301. The Balaban J connectivity index is 3.47. The van der Waals surface area contributed by atoms with Crippen LogP contribution in [0.25, 0.3) is 0 Å². The second-order valence-electron chi connectivity index (χ2n) is 6.21. The molecule has 0 bridgehead atoms. The van der Waals surface area contributed by atoms with Crippen molar-refractivity contribution in [3.05, 3.63) is 0 Å². The van der Waals surface area contributed by atoms with Crippen molar-refractivity contribution >= 4 is 11.9 Å². The van der Waals surface area contributed by atoms with Gasteiger partial charge in [-0.3, -0.25) is 9.59 Å². The zero-order valence-corrected chi connectivity index (χ0v) is 15.4. The molecule has 0 aromatic carbocycles. The fourth-order valence-corrected chi connectivity index (χ4v) is 2.33. The van der Waals surface area contributed by atoms with E-state index in [4.69, 9.17) is 9.47 Å². The van der Waals surface area contributed by atoms with Crippen LogP contribution in [0.5, 0.6) is 0 Å². The Hall–Kier alpha value is -1.06. The van der Waals surface area contributed by atoms with Crippen LogP contribution in [-0.2, 0) is 19.1 Å². The van der Waals surface area contributed by atoms with E-state index in [0.717, 1.165) is 25.7 Å². The quantitative estimate of drug-likeness (QED) is 0.312. The average molecular weight is 328 g/mol. The molecule has 23 heavy (non-hydrogen) atoms. The highest BCUT2D eigenvalue weighted by molar-refractivity contribution is 5.77. The number of unbranched alkanes of at least 4 members (excludes halogenated alkanes) is 6. The van der Waals surface area contributed by atoms with Crippen LogP contribution < -0.4 is 0 Å². The van der Waals surface area contributed by atoms with Gasteiger partial charge in [0.15, 0.2) is 0 Å². The Labute approximate surface area is 142 Å². The molecular formula is C19H36O4. The van der Waals surface area contributed by atoms with Gasteiger partial charge in [-0.05, 0) is 12.3 Å². The summed E-state index contributed by atoms with van der Waals surface area (Å²) in [7, 11) is 0. The Morgan fingerprint density at radius 2 is 1.26 bits per heavy atom. The zero-order valence-electron chi connectivity index (χ0n) is 15.4. The van der Waals surface area contributed by atoms with Gasteiger partial charge in [0.05, 0.1) is 26.1 Å². The fourth-order valence-electron chi connectivity index (χ4n) is 2.33. The van der Waals surface area contributed by atoms with Crippen LogP contribution >= 0.6 is 0 Å². The molecule has 4 nitrogen and oxygen atoms in total. The molecular weight excluding hydrogens is 292 g/mol. The van der Waals surface area contributed by atoms with E-state index in [1.165, 1.54) is 32.1 Å². The summed E-state index contributed by atoms with van der Waals surface area (Å²) in [6.45, 7) is 7.31. The highest BCUT2D eigenvalue weighted by Crippen LogP contribution is 2.09. The molecule has 0 aliphatic heterocycles. The molecule has 0 heterocycles. The van der Waals surface area contributed by atoms with Gasteiger partial charge in [0.1, 0.15) is 0 Å². The van der Waals surface area contributed by atoms with E-state index in [0.29, 0.717) is 19.1 Å². The lowest BCUT2D eigenvalue weighted by Crippen LogP contribution is -2.15. The van der Waals surface area contributed by atoms with E-state index in [-0.39, 0.29) is 24.8 Å². The molecule has 0 amide bonds. The van der Waals surface area contributed by atoms with Gasteiger partial charge < -0.3 is 9.47 Å². The first kappa shape index (κ1) is 21.9. The summed E-state index contributed by atoms with van der Waals surface area (Å²) in [4.78, 5) is 23.1. The van der Waals surface area contributed by atoms with E-state index in [2.05, 4.69) is 20.8 Å². The fraction of sp³-hybridized carbons (Fsp3) is 0.895. The highest BCUT2D eigenvalue weighted by Gasteiger charge is 2.11. The first-order valence-electron chi connectivity index (χ1n) is 9.45. The number of ether oxygens (including phenoxy) is 2. The van der Waals surface area contributed by atoms with Gasteiger partial charge in [-0.1, -0.05) is 72.1 Å². The summed E-state index contributed by atoms with van der Waals surface area (Å²) >= 11 is 0. The van der Waals surface area contributed by atoms with Crippen molar-refractivity contribution in [2.75, 3.05) is 13.2 Å². The molecule has 0 spiro atoms. The number of carbonyl (C=O) groups excluding carboxylic acids is 2. The van der Waals surface area contributed by atoms with Crippen molar-refractivity contribution in [1.29, 1.82) is 0 Å². The van der Waals surface area contributed by atoms with Gasteiger partial charge in [-0.2, -0.15) is 0 Å². The van der Waals surface area contributed by atoms with Gasteiger partial charge in [-0.25, -0.2) is 0 Å². The Bertz CT molecular complexity index is 298. The number of esters is 2. The largest absolute Gasteiger partial charge is 0.466 e. The molecule has 0 aromatic heterocycles. The van der Waals surface area contributed by atoms with Crippen molar-refractivity contribution in [3.8, 4) is 0 Å². The Morgan fingerprint density at radius 1 is 0.739 bits per heavy atom. The van der Waals surface area contributed by atoms with Crippen molar-refractivity contribution in [2.45, 2.75) is 91.4 Å². The first-order valence-corrected chi connectivity index (χ1v) is 9.45. The summed E-state index contributed by atoms with van der Waals surface area (Å²) in [5.74, 6) is -0.177. The third kappa shape index (κ3) is 14.3. The van der Waals surface area contributed by atoms with Gasteiger partial charge in [-0.15, -0.1) is 0 Å². The van der Waals surface area contributed by atoms with Crippen LogP contribution in [0.15, 0.2) is 0 Å². The van der Waals surface area contributed by atoms with Crippen molar-refractivity contribution in [3.63, 3.8) is 0 Å². The lowest BCUT2D eigenvalue weighted by molar-refractivity contribution is -0.151. The Morgan fingerprint density at radius 3 is 1.83 bits per heavy atom. The lowest BCUT2D eigenvalue weighted by Gasteiger charge is -2.12. The van der Waals surface area contributed by atoms with Gasteiger partial charge in [0.2, 0.25) is 0 Å². The standard InChI is InChI=1S/C19H36O4/c1-4-7-8-9-10-11-12-15-22-18(20)13-14-19(21)23-16-17(5-2)6-3/h17H,4-16H2,1-3H3. The van der Waals surface area contributed by atoms with E-state index in [1.807, 2.05) is 0 Å². The predicted molar refractivity (Wildman–Crippen MR) is 93.2 cm³/mol. The summed E-state index contributed by atoms with van der Waals surface area (Å²) in [6.07, 6.45) is 10.6. The Kier molecular flexibility index (Phi) is 15.1. The van der Waals surface area contributed by atoms with Crippen molar-refractivity contribution in [1.82, 2.24) is 0 Å². The minimum absolute atomic E-state index is 0.121. The maximum absolute atomic E-state index is 11.6. The number of carbonyl (C=O) groups is 2. The smallest absolute Gasteiger partial charge is 0.306 e. The third-order valence-electron chi connectivity index (χ3n) is 4.18. The van der Waals surface area contributed by atoms with Crippen LogP contribution in [0.2, 0.25) is 0 Å². The van der Waals surface area contributed by atoms with Gasteiger partial charge in [0, 0.05) is 0 Å². The van der Waals surface area contributed by atoms with Crippen molar-refractivity contribution in [2.24, 2.45) is 5.92 Å². The molecule has 0 fully saturated rings. The second kappa shape index (κ2) is 15.8. The van der Waals surface area contributed by atoms with Gasteiger partial charge >= 0.3 is 11.9 Å². The summed E-state index contributed by atoms with van der Waals surface area (Å²) in [6, 6.07) is 0. The van der Waals surface area contributed by atoms with Crippen LogP contribution in [0, 0.1) is 5.92 Å². The zero-order chi connectivity index (χ0) is 17.3.